The van der Waals surface area contributed by atoms with E-state index in [-0.39, 0.29) is 6.04 Å². The van der Waals surface area contributed by atoms with Crippen LogP contribution in [0.25, 0.3) is 10.8 Å². The molecule has 3 rings (SSSR count). The van der Waals surface area contributed by atoms with E-state index >= 15 is 0 Å². The summed E-state index contributed by atoms with van der Waals surface area (Å²) in [4.78, 5) is 0. The van der Waals surface area contributed by atoms with Crippen molar-refractivity contribution in [1.82, 2.24) is 0 Å². The topological polar surface area (TPSA) is 26.0 Å². The summed E-state index contributed by atoms with van der Waals surface area (Å²) < 4.78 is 1.10. The van der Waals surface area contributed by atoms with E-state index in [1.54, 1.807) is 0 Å². The monoisotopic (exact) mass is 311 g/mol. The van der Waals surface area contributed by atoms with E-state index in [1.807, 2.05) is 24.3 Å². The smallest absolute Gasteiger partial charge is 0.0557 e. The van der Waals surface area contributed by atoms with E-state index in [0.29, 0.717) is 0 Å². The van der Waals surface area contributed by atoms with Gasteiger partial charge in [0.05, 0.1) is 6.04 Å². The van der Waals surface area contributed by atoms with Crippen molar-refractivity contribution in [1.29, 1.82) is 0 Å². The van der Waals surface area contributed by atoms with Crippen LogP contribution in [0.4, 0.5) is 0 Å². The number of benzene rings is 3. The minimum atomic E-state index is -0.0980. The highest BCUT2D eigenvalue weighted by Gasteiger charge is 2.12. The van der Waals surface area contributed by atoms with Crippen LogP contribution in [-0.4, -0.2) is 0 Å². The maximum Gasteiger partial charge on any atom is 0.0557 e. The number of fused-ring (bicyclic) bond motifs is 1. The highest BCUT2D eigenvalue weighted by atomic mass is 79.9. The Balaban J connectivity index is 2.18. The highest BCUT2D eigenvalue weighted by molar-refractivity contribution is 9.10. The van der Waals surface area contributed by atoms with Gasteiger partial charge in [-0.25, -0.2) is 0 Å². The summed E-state index contributed by atoms with van der Waals surface area (Å²) in [6, 6.07) is 22.6. The lowest BCUT2D eigenvalue weighted by Crippen LogP contribution is -2.12. The molecule has 2 heteroatoms. The first-order valence-electron chi connectivity index (χ1n) is 6.25. The zero-order valence-corrected chi connectivity index (χ0v) is 12.0. The van der Waals surface area contributed by atoms with Crippen LogP contribution in [0.5, 0.6) is 0 Å². The molecule has 0 aromatic heterocycles. The maximum absolute atomic E-state index is 6.42. The molecule has 0 spiro atoms. The van der Waals surface area contributed by atoms with Gasteiger partial charge in [-0.15, -0.1) is 0 Å². The van der Waals surface area contributed by atoms with Gasteiger partial charge in [0.2, 0.25) is 0 Å². The second-order valence-electron chi connectivity index (χ2n) is 4.57. The fourth-order valence-corrected chi connectivity index (χ4v) is 2.87. The molecule has 19 heavy (non-hydrogen) atoms. The lowest BCUT2D eigenvalue weighted by Gasteiger charge is -2.16. The van der Waals surface area contributed by atoms with E-state index in [1.165, 1.54) is 10.8 Å². The molecule has 0 aliphatic carbocycles. The van der Waals surface area contributed by atoms with Gasteiger partial charge in [0.25, 0.3) is 0 Å². The van der Waals surface area contributed by atoms with Gasteiger partial charge in [-0.3, -0.25) is 0 Å². The first-order chi connectivity index (χ1) is 9.27. The van der Waals surface area contributed by atoms with E-state index in [4.69, 9.17) is 5.73 Å². The predicted molar refractivity (Wildman–Crippen MR) is 84.1 cm³/mol. The number of hydrogen-bond acceptors (Lipinski definition) is 1. The van der Waals surface area contributed by atoms with Crippen LogP contribution in [0.3, 0.4) is 0 Å². The Hall–Kier alpha value is -1.64. The highest BCUT2D eigenvalue weighted by Crippen LogP contribution is 2.31. The van der Waals surface area contributed by atoms with Crippen LogP contribution in [0.2, 0.25) is 0 Å². The molecule has 1 unspecified atom stereocenters. The van der Waals surface area contributed by atoms with Crippen molar-refractivity contribution in [3.63, 3.8) is 0 Å². The van der Waals surface area contributed by atoms with Crippen LogP contribution in [0, 0.1) is 0 Å². The normalized spacial score (nSPS) is 12.5. The summed E-state index contributed by atoms with van der Waals surface area (Å²) in [6.07, 6.45) is 0. The van der Waals surface area contributed by atoms with Gasteiger partial charge in [-0.05, 0) is 28.0 Å². The molecule has 0 saturated carbocycles. The molecule has 0 fully saturated rings. The molecule has 0 radical (unpaired) electrons. The Kier molecular flexibility index (Phi) is 3.36. The fourth-order valence-electron chi connectivity index (χ4n) is 2.40. The minimum absolute atomic E-state index is 0.0980. The van der Waals surface area contributed by atoms with Crippen LogP contribution < -0.4 is 5.73 Å². The van der Waals surface area contributed by atoms with E-state index in [0.717, 1.165) is 15.6 Å². The third-order valence-corrected chi connectivity index (χ3v) is 4.09. The number of nitrogens with two attached hydrogens (primary N) is 1. The lowest BCUT2D eigenvalue weighted by atomic mass is 9.94. The zero-order chi connectivity index (χ0) is 13.2. The molecule has 3 aromatic carbocycles. The molecule has 0 aliphatic rings. The van der Waals surface area contributed by atoms with Crippen LogP contribution >= 0.6 is 15.9 Å². The van der Waals surface area contributed by atoms with E-state index in [9.17, 15) is 0 Å². The fraction of sp³-hybridized carbons (Fsp3) is 0.0588. The van der Waals surface area contributed by atoms with Gasteiger partial charge in [0.1, 0.15) is 0 Å². The Morgan fingerprint density at radius 3 is 2.11 bits per heavy atom. The van der Waals surface area contributed by atoms with E-state index in [2.05, 4.69) is 58.4 Å². The lowest BCUT2D eigenvalue weighted by molar-refractivity contribution is 0.880. The number of halogens is 1. The molecule has 2 N–H and O–H groups in total. The van der Waals surface area contributed by atoms with Gasteiger partial charge in [-0.1, -0.05) is 76.6 Å². The third kappa shape index (κ3) is 2.29. The Morgan fingerprint density at radius 1 is 0.737 bits per heavy atom. The van der Waals surface area contributed by atoms with Crippen LogP contribution in [0.1, 0.15) is 17.2 Å². The average molecular weight is 312 g/mol. The Labute approximate surface area is 121 Å². The van der Waals surface area contributed by atoms with Crippen molar-refractivity contribution in [2.24, 2.45) is 5.73 Å². The molecule has 0 aliphatic heterocycles. The van der Waals surface area contributed by atoms with Gasteiger partial charge < -0.3 is 5.73 Å². The molecule has 1 nitrogen and oxygen atoms in total. The number of hydrogen-bond donors (Lipinski definition) is 1. The first-order valence-corrected chi connectivity index (χ1v) is 7.04. The Morgan fingerprint density at radius 2 is 1.37 bits per heavy atom. The van der Waals surface area contributed by atoms with Gasteiger partial charge in [0, 0.05) is 4.47 Å². The average Bonchev–Trinajstić information content (AvgIpc) is 2.48. The summed E-state index contributed by atoms with van der Waals surface area (Å²) >= 11 is 3.60. The zero-order valence-electron chi connectivity index (χ0n) is 10.4. The Bertz CT molecular complexity index is 707. The standard InChI is InChI=1S/C17H14BrN/c18-16-11-10-15(13-8-4-5-9-14(13)16)17(19)12-6-2-1-3-7-12/h1-11,17H,19H2. The quantitative estimate of drug-likeness (QED) is 0.732. The predicted octanol–water partition coefficient (Wildman–Crippen LogP) is 4.65. The summed E-state index contributed by atoms with van der Waals surface area (Å²) in [7, 11) is 0. The van der Waals surface area contributed by atoms with Crippen molar-refractivity contribution >= 4 is 26.7 Å². The van der Waals surface area contributed by atoms with Gasteiger partial charge >= 0.3 is 0 Å². The molecule has 0 bridgehead atoms. The van der Waals surface area contributed by atoms with E-state index < -0.39 is 0 Å². The first kappa shape index (κ1) is 12.4. The van der Waals surface area contributed by atoms with Crippen LogP contribution in [0.15, 0.2) is 71.2 Å². The molecule has 0 saturated heterocycles. The molecule has 94 valence electrons. The molecule has 1 atom stereocenters. The molecule has 0 heterocycles. The molecule has 3 aromatic rings. The van der Waals surface area contributed by atoms with Crippen molar-refractivity contribution in [3.05, 3.63) is 82.3 Å². The molecular weight excluding hydrogens is 298 g/mol. The van der Waals surface area contributed by atoms with Crippen molar-refractivity contribution in [2.45, 2.75) is 6.04 Å². The maximum atomic E-state index is 6.42. The van der Waals surface area contributed by atoms with Crippen molar-refractivity contribution in [3.8, 4) is 0 Å². The summed E-state index contributed by atoms with van der Waals surface area (Å²) in [6.45, 7) is 0. The second kappa shape index (κ2) is 5.16. The van der Waals surface area contributed by atoms with Crippen LogP contribution in [-0.2, 0) is 0 Å². The SMILES string of the molecule is NC(c1ccccc1)c1ccc(Br)c2ccccc12. The van der Waals surface area contributed by atoms with Crippen molar-refractivity contribution in [2.75, 3.05) is 0 Å². The number of rotatable bonds is 2. The molecule has 0 amide bonds. The van der Waals surface area contributed by atoms with Gasteiger partial charge in [-0.2, -0.15) is 0 Å². The summed E-state index contributed by atoms with van der Waals surface area (Å²) in [5.41, 5.74) is 8.71. The second-order valence-corrected chi connectivity index (χ2v) is 5.42. The van der Waals surface area contributed by atoms with Gasteiger partial charge in [0.15, 0.2) is 0 Å². The largest absolute Gasteiger partial charge is 0.320 e. The van der Waals surface area contributed by atoms with Crippen molar-refractivity contribution < 1.29 is 0 Å². The summed E-state index contributed by atoms with van der Waals surface area (Å²) in [5, 5.41) is 2.40. The third-order valence-electron chi connectivity index (χ3n) is 3.40. The molecular formula is C17H14BrN. The minimum Gasteiger partial charge on any atom is -0.320 e. The summed E-state index contributed by atoms with van der Waals surface area (Å²) in [5.74, 6) is 0.